The molecule has 4 rings (SSSR count). The zero-order chi connectivity index (χ0) is 18.9. The van der Waals surface area contributed by atoms with Gasteiger partial charge in [0.15, 0.2) is 0 Å². The lowest BCUT2D eigenvalue weighted by Crippen LogP contribution is -2.29. The zero-order valence-corrected chi connectivity index (χ0v) is 16.1. The molecule has 1 heterocycles. The van der Waals surface area contributed by atoms with Gasteiger partial charge in [-0.15, -0.1) is 0 Å². The van der Waals surface area contributed by atoms with E-state index in [1.54, 1.807) is 16.4 Å². The Hall–Kier alpha value is -2.43. The van der Waals surface area contributed by atoms with Crippen LogP contribution in [0, 0.1) is 6.92 Å². The molecule has 0 aromatic heterocycles. The molecule has 138 valence electrons. The van der Waals surface area contributed by atoms with Crippen LogP contribution in [0.25, 0.3) is 0 Å². The van der Waals surface area contributed by atoms with E-state index in [-0.39, 0.29) is 11.8 Å². The molecule has 0 radical (unpaired) electrons. The van der Waals surface area contributed by atoms with E-state index in [0.717, 1.165) is 5.56 Å². The summed E-state index contributed by atoms with van der Waals surface area (Å²) in [5.74, 6) is 0.294. The Balaban J connectivity index is 1.71. The highest BCUT2D eigenvalue weighted by atomic mass is 32.2. The van der Waals surface area contributed by atoms with Crippen LogP contribution in [0.5, 0.6) is 0 Å². The molecule has 1 aliphatic heterocycles. The van der Waals surface area contributed by atoms with Gasteiger partial charge < -0.3 is 0 Å². The molecular weight excluding hydrogens is 354 g/mol. The van der Waals surface area contributed by atoms with Crippen molar-refractivity contribution in [3.05, 3.63) is 102 Å². The maximum Gasteiger partial charge on any atom is 0.243 e. The van der Waals surface area contributed by atoms with Gasteiger partial charge in [0.05, 0.1) is 4.90 Å². The van der Waals surface area contributed by atoms with Gasteiger partial charge in [0.25, 0.3) is 0 Å². The summed E-state index contributed by atoms with van der Waals surface area (Å²) in [4.78, 5) is 0.369. The quantitative estimate of drug-likeness (QED) is 0.668. The number of benzene rings is 3. The third-order valence-corrected chi connectivity index (χ3v) is 7.25. The van der Waals surface area contributed by atoms with Crippen LogP contribution in [0.2, 0.25) is 0 Å². The smallest absolute Gasteiger partial charge is 0.207 e. The topological polar surface area (TPSA) is 37.4 Å². The fourth-order valence-electron chi connectivity index (χ4n) is 3.90. The highest BCUT2D eigenvalue weighted by molar-refractivity contribution is 7.89. The van der Waals surface area contributed by atoms with E-state index in [9.17, 15) is 8.42 Å². The molecule has 3 aromatic carbocycles. The van der Waals surface area contributed by atoms with Crippen molar-refractivity contribution >= 4 is 10.0 Å². The minimum absolute atomic E-state index is 0.147. The van der Waals surface area contributed by atoms with Crippen LogP contribution in [-0.4, -0.2) is 25.8 Å². The molecule has 1 aliphatic rings. The van der Waals surface area contributed by atoms with Crippen molar-refractivity contribution in [2.75, 3.05) is 13.1 Å². The van der Waals surface area contributed by atoms with Gasteiger partial charge in [-0.05, 0) is 30.2 Å². The molecule has 3 nitrogen and oxygen atoms in total. The molecule has 0 amide bonds. The van der Waals surface area contributed by atoms with E-state index in [4.69, 9.17) is 0 Å². The minimum atomic E-state index is -3.50. The SMILES string of the molecule is Cc1ccc(S(=O)(=O)N2C[C@@H](c3ccccc3)[C@H](c3ccccc3)C2)cc1. The van der Waals surface area contributed by atoms with Crippen molar-refractivity contribution in [3.8, 4) is 0 Å². The lowest BCUT2D eigenvalue weighted by atomic mass is 9.84. The van der Waals surface area contributed by atoms with Crippen molar-refractivity contribution in [1.29, 1.82) is 0 Å². The number of aryl methyl sites for hydroxylation is 1. The van der Waals surface area contributed by atoms with Crippen LogP contribution < -0.4 is 0 Å². The lowest BCUT2D eigenvalue weighted by Gasteiger charge is -2.19. The van der Waals surface area contributed by atoms with Gasteiger partial charge in [0.1, 0.15) is 0 Å². The first-order valence-corrected chi connectivity index (χ1v) is 10.7. The summed E-state index contributed by atoms with van der Waals surface area (Å²) in [5.41, 5.74) is 3.43. The summed E-state index contributed by atoms with van der Waals surface area (Å²) in [6, 6.07) is 27.6. The van der Waals surface area contributed by atoms with Gasteiger partial charge in [-0.1, -0.05) is 78.4 Å². The van der Waals surface area contributed by atoms with E-state index >= 15 is 0 Å². The van der Waals surface area contributed by atoms with Gasteiger partial charge in [0.2, 0.25) is 10.0 Å². The van der Waals surface area contributed by atoms with Gasteiger partial charge in [0, 0.05) is 24.9 Å². The number of rotatable bonds is 4. The first kappa shape index (κ1) is 18.0. The van der Waals surface area contributed by atoms with Crippen LogP contribution in [0.3, 0.4) is 0 Å². The molecule has 0 bridgehead atoms. The third kappa shape index (κ3) is 3.55. The molecular formula is C23H23NO2S. The summed E-state index contributed by atoms with van der Waals surface area (Å²) in [5, 5.41) is 0. The van der Waals surface area contributed by atoms with Gasteiger partial charge >= 0.3 is 0 Å². The normalized spacial score (nSPS) is 20.6. The summed E-state index contributed by atoms with van der Waals surface area (Å²) in [7, 11) is -3.50. The average Bonchev–Trinajstić information content (AvgIpc) is 3.16. The Kier molecular flexibility index (Phi) is 4.85. The van der Waals surface area contributed by atoms with E-state index in [0.29, 0.717) is 18.0 Å². The summed E-state index contributed by atoms with van der Waals surface area (Å²) >= 11 is 0. The Bertz CT molecular complexity index is 952. The molecule has 0 N–H and O–H groups in total. The molecule has 2 atom stereocenters. The molecule has 0 unspecified atom stereocenters. The number of hydrogen-bond donors (Lipinski definition) is 0. The Morgan fingerprint density at radius 1 is 0.704 bits per heavy atom. The van der Waals surface area contributed by atoms with Crippen molar-refractivity contribution in [3.63, 3.8) is 0 Å². The largest absolute Gasteiger partial charge is 0.243 e. The second-order valence-corrected chi connectivity index (χ2v) is 9.11. The van der Waals surface area contributed by atoms with Crippen molar-refractivity contribution in [1.82, 2.24) is 4.31 Å². The van der Waals surface area contributed by atoms with E-state index < -0.39 is 10.0 Å². The molecule has 4 heteroatoms. The van der Waals surface area contributed by atoms with Crippen molar-refractivity contribution < 1.29 is 8.42 Å². The monoisotopic (exact) mass is 377 g/mol. The number of sulfonamides is 1. The van der Waals surface area contributed by atoms with Gasteiger partial charge in [-0.3, -0.25) is 0 Å². The fraction of sp³-hybridized carbons (Fsp3) is 0.217. The molecule has 1 fully saturated rings. The summed E-state index contributed by atoms with van der Waals surface area (Å²) < 4.78 is 28.1. The second kappa shape index (κ2) is 7.29. The highest BCUT2D eigenvalue weighted by Crippen LogP contribution is 2.41. The van der Waals surface area contributed by atoms with E-state index in [2.05, 4.69) is 24.3 Å². The average molecular weight is 378 g/mol. The van der Waals surface area contributed by atoms with Crippen molar-refractivity contribution in [2.24, 2.45) is 0 Å². The maximum atomic E-state index is 13.2. The second-order valence-electron chi connectivity index (χ2n) is 7.17. The van der Waals surface area contributed by atoms with Crippen LogP contribution in [0.1, 0.15) is 28.5 Å². The van der Waals surface area contributed by atoms with Crippen LogP contribution >= 0.6 is 0 Å². The molecule has 1 saturated heterocycles. The third-order valence-electron chi connectivity index (χ3n) is 5.40. The zero-order valence-electron chi connectivity index (χ0n) is 15.3. The Labute approximate surface area is 161 Å². The van der Waals surface area contributed by atoms with Gasteiger partial charge in [-0.2, -0.15) is 4.31 Å². The Morgan fingerprint density at radius 3 is 1.59 bits per heavy atom. The van der Waals surface area contributed by atoms with Crippen LogP contribution in [0.15, 0.2) is 89.8 Å². The van der Waals surface area contributed by atoms with Crippen LogP contribution in [0.4, 0.5) is 0 Å². The number of hydrogen-bond acceptors (Lipinski definition) is 2. The minimum Gasteiger partial charge on any atom is -0.207 e. The Morgan fingerprint density at radius 2 is 1.15 bits per heavy atom. The predicted octanol–water partition coefficient (Wildman–Crippen LogP) is 4.57. The lowest BCUT2D eigenvalue weighted by molar-refractivity contribution is 0.470. The fourth-order valence-corrected chi connectivity index (χ4v) is 5.39. The first-order valence-electron chi connectivity index (χ1n) is 9.22. The first-order chi connectivity index (χ1) is 13.1. The van der Waals surface area contributed by atoms with Crippen LogP contribution in [-0.2, 0) is 10.0 Å². The molecule has 0 spiro atoms. The maximum absolute atomic E-state index is 13.2. The molecule has 27 heavy (non-hydrogen) atoms. The summed E-state index contributed by atoms with van der Waals surface area (Å²) in [6.45, 7) is 2.96. The number of nitrogens with zero attached hydrogens (tertiary/aromatic N) is 1. The molecule has 3 aromatic rings. The van der Waals surface area contributed by atoms with E-state index in [1.165, 1.54) is 11.1 Å². The summed E-state index contributed by atoms with van der Waals surface area (Å²) in [6.07, 6.45) is 0. The van der Waals surface area contributed by atoms with Crippen molar-refractivity contribution in [2.45, 2.75) is 23.7 Å². The predicted molar refractivity (Wildman–Crippen MR) is 108 cm³/mol. The van der Waals surface area contributed by atoms with Gasteiger partial charge in [-0.25, -0.2) is 8.42 Å². The molecule has 0 aliphatic carbocycles. The van der Waals surface area contributed by atoms with E-state index in [1.807, 2.05) is 55.5 Å². The standard InChI is InChI=1S/C23H23NO2S/c1-18-12-14-21(15-13-18)27(25,26)24-16-22(19-8-4-2-5-9-19)23(17-24)20-10-6-3-7-11-20/h2-15,22-23H,16-17H2,1H3/t22-,23-/m0/s1. The highest BCUT2D eigenvalue weighted by Gasteiger charge is 2.40. The molecule has 0 saturated carbocycles.